The number of benzene rings is 2. The van der Waals surface area contributed by atoms with Crippen molar-refractivity contribution in [2.75, 3.05) is 14.2 Å². The molecule has 26 heavy (non-hydrogen) atoms. The first kappa shape index (κ1) is 19.9. The van der Waals surface area contributed by atoms with E-state index in [1.165, 1.54) is 13.3 Å². The Morgan fingerprint density at radius 2 is 1.92 bits per heavy atom. The molecule has 2 aromatic rings. The number of ether oxygens (including phenoxy) is 3. The van der Waals surface area contributed by atoms with Gasteiger partial charge >= 0.3 is 5.97 Å². The monoisotopic (exact) mass is 485 g/mol. The number of rotatable bonds is 6. The zero-order chi connectivity index (χ0) is 19.1. The highest BCUT2D eigenvalue weighted by Gasteiger charge is 2.16. The molecule has 0 heterocycles. The molecule has 0 aliphatic carbocycles. The van der Waals surface area contributed by atoms with E-state index in [-0.39, 0.29) is 5.11 Å². The molecular formula is C17H16IN3O4S. The van der Waals surface area contributed by atoms with E-state index in [4.69, 9.17) is 19.9 Å². The van der Waals surface area contributed by atoms with Crippen molar-refractivity contribution in [2.24, 2.45) is 10.8 Å². The summed E-state index contributed by atoms with van der Waals surface area (Å²) in [6.45, 7) is 0. The second kappa shape index (κ2) is 9.34. The molecule has 0 bridgehead atoms. The summed E-state index contributed by atoms with van der Waals surface area (Å²) in [5, 5.41) is 3.96. The average Bonchev–Trinajstić information content (AvgIpc) is 2.63. The molecule has 0 aromatic heterocycles. The first-order chi connectivity index (χ1) is 12.4. The molecule has 9 heteroatoms. The lowest BCUT2D eigenvalue weighted by atomic mass is 10.2. The van der Waals surface area contributed by atoms with Gasteiger partial charge in [0.2, 0.25) is 0 Å². The lowest BCUT2D eigenvalue weighted by Gasteiger charge is -2.12. The average molecular weight is 485 g/mol. The van der Waals surface area contributed by atoms with Gasteiger partial charge in [0.15, 0.2) is 16.6 Å². The summed E-state index contributed by atoms with van der Waals surface area (Å²) in [6, 6.07) is 10.1. The smallest absolute Gasteiger partial charge is 0.343 e. The number of hydrogen-bond donors (Lipinski definition) is 2. The van der Waals surface area contributed by atoms with Crippen LogP contribution in [-0.4, -0.2) is 31.5 Å². The van der Waals surface area contributed by atoms with Gasteiger partial charge in [-0.1, -0.05) is 0 Å². The maximum Gasteiger partial charge on any atom is 0.343 e. The van der Waals surface area contributed by atoms with E-state index < -0.39 is 5.97 Å². The van der Waals surface area contributed by atoms with Crippen molar-refractivity contribution < 1.29 is 19.0 Å². The van der Waals surface area contributed by atoms with Gasteiger partial charge in [0.1, 0.15) is 5.75 Å². The first-order valence-corrected chi connectivity index (χ1v) is 8.75. The van der Waals surface area contributed by atoms with Gasteiger partial charge in [0, 0.05) is 0 Å². The highest BCUT2D eigenvalue weighted by atomic mass is 127. The van der Waals surface area contributed by atoms with Crippen molar-refractivity contribution in [3.05, 3.63) is 51.1 Å². The molecule has 2 aromatic carbocycles. The fraction of sp³-hybridized carbons (Fsp3) is 0.118. The predicted octanol–water partition coefficient (Wildman–Crippen LogP) is 2.69. The molecule has 136 valence electrons. The molecule has 0 aliphatic heterocycles. The van der Waals surface area contributed by atoms with E-state index in [0.29, 0.717) is 26.4 Å². The number of nitrogens with two attached hydrogens (primary N) is 1. The Hall–Kier alpha value is -2.40. The third-order valence-electron chi connectivity index (χ3n) is 3.16. The van der Waals surface area contributed by atoms with Gasteiger partial charge in [-0.05, 0) is 76.8 Å². The van der Waals surface area contributed by atoms with Crippen molar-refractivity contribution in [2.45, 2.75) is 0 Å². The standard InChI is InChI=1S/C17H16IN3O4S/c1-23-12-5-3-11(4-6-12)16(22)25-15-13(18)7-10(8-14(15)24-2)9-20-21-17(19)26/h3-9H,1-2H3,(H3,19,21,26)/b20-9+. The van der Waals surface area contributed by atoms with Crippen LogP contribution >= 0.6 is 34.8 Å². The Balaban J connectivity index is 2.23. The molecule has 0 amide bonds. The van der Waals surface area contributed by atoms with E-state index in [0.717, 1.165) is 5.56 Å². The summed E-state index contributed by atoms with van der Waals surface area (Å²) in [5.74, 6) is 0.882. The maximum atomic E-state index is 12.4. The minimum absolute atomic E-state index is 0.0629. The summed E-state index contributed by atoms with van der Waals surface area (Å²) in [4.78, 5) is 12.4. The SMILES string of the molecule is COc1ccc(C(=O)Oc2c(I)cc(/C=N/NC(N)=S)cc2OC)cc1. The predicted molar refractivity (Wildman–Crippen MR) is 111 cm³/mol. The summed E-state index contributed by atoms with van der Waals surface area (Å²) < 4.78 is 16.6. The van der Waals surface area contributed by atoms with Gasteiger partial charge in [-0.25, -0.2) is 4.79 Å². The van der Waals surface area contributed by atoms with Crippen molar-refractivity contribution in [1.82, 2.24) is 5.43 Å². The lowest BCUT2D eigenvalue weighted by Crippen LogP contribution is -2.24. The Kier molecular flexibility index (Phi) is 7.16. The van der Waals surface area contributed by atoms with E-state index >= 15 is 0 Å². The number of carbonyl (C=O) groups excluding carboxylic acids is 1. The summed E-state index contributed by atoms with van der Waals surface area (Å²) in [6.07, 6.45) is 1.53. The van der Waals surface area contributed by atoms with Crippen LogP contribution in [0.5, 0.6) is 17.2 Å². The Bertz CT molecular complexity index is 841. The number of thiocarbonyl (C=S) groups is 1. The number of halogens is 1. The molecule has 2 rings (SSSR count). The molecule has 0 radical (unpaired) electrons. The molecule has 0 atom stereocenters. The second-order valence-electron chi connectivity index (χ2n) is 4.89. The molecule has 0 spiro atoms. The van der Waals surface area contributed by atoms with E-state index in [1.807, 2.05) is 0 Å². The number of hydrogen-bond acceptors (Lipinski definition) is 6. The number of carbonyl (C=O) groups is 1. The van der Waals surface area contributed by atoms with Crippen LogP contribution in [0.4, 0.5) is 0 Å². The zero-order valence-corrected chi connectivity index (χ0v) is 17.0. The number of nitrogens with zero attached hydrogens (tertiary/aromatic N) is 1. The van der Waals surface area contributed by atoms with Crippen LogP contribution in [0.1, 0.15) is 15.9 Å². The van der Waals surface area contributed by atoms with Gasteiger partial charge in [-0.2, -0.15) is 5.10 Å². The van der Waals surface area contributed by atoms with Gasteiger partial charge < -0.3 is 19.9 Å². The summed E-state index contributed by atoms with van der Waals surface area (Å²) in [7, 11) is 3.05. The Labute approximate surface area is 169 Å². The fourth-order valence-corrected chi connectivity index (χ4v) is 2.75. The van der Waals surface area contributed by atoms with Crippen molar-refractivity contribution in [3.8, 4) is 17.2 Å². The van der Waals surface area contributed by atoms with Crippen LogP contribution in [0.3, 0.4) is 0 Å². The zero-order valence-electron chi connectivity index (χ0n) is 14.0. The third-order valence-corrected chi connectivity index (χ3v) is 4.05. The number of methoxy groups -OCH3 is 2. The maximum absolute atomic E-state index is 12.4. The number of hydrazone groups is 1. The van der Waals surface area contributed by atoms with E-state index in [2.05, 4.69) is 45.3 Å². The second-order valence-corrected chi connectivity index (χ2v) is 6.49. The molecule has 0 aliphatic rings. The minimum Gasteiger partial charge on any atom is -0.497 e. The Morgan fingerprint density at radius 1 is 1.23 bits per heavy atom. The topological polar surface area (TPSA) is 95.2 Å². The van der Waals surface area contributed by atoms with Gasteiger partial charge in [0.05, 0.1) is 29.6 Å². The van der Waals surface area contributed by atoms with Crippen LogP contribution in [0, 0.1) is 3.57 Å². The highest BCUT2D eigenvalue weighted by molar-refractivity contribution is 14.1. The van der Waals surface area contributed by atoms with Crippen molar-refractivity contribution >= 4 is 52.1 Å². The normalized spacial score (nSPS) is 10.4. The van der Waals surface area contributed by atoms with Crippen LogP contribution < -0.4 is 25.4 Å². The van der Waals surface area contributed by atoms with Crippen LogP contribution in [0.15, 0.2) is 41.5 Å². The fourth-order valence-electron chi connectivity index (χ4n) is 1.96. The highest BCUT2D eigenvalue weighted by Crippen LogP contribution is 2.34. The quantitative estimate of drug-likeness (QED) is 0.162. The van der Waals surface area contributed by atoms with E-state index in [9.17, 15) is 4.79 Å². The van der Waals surface area contributed by atoms with Crippen LogP contribution in [0.25, 0.3) is 0 Å². The molecule has 0 saturated carbocycles. The molecule has 0 saturated heterocycles. The molecular weight excluding hydrogens is 469 g/mol. The third kappa shape index (κ3) is 5.30. The van der Waals surface area contributed by atoms with Gasteiger partial charge in [-0.3, -0.25) is 5.43 Å². The lowest BCUT2D eigenvalue weighted by molar-refractivity contribution is 0.0728. The molecule has 0 fully saturated rings. The van der Waals surface area contributed by atoms with Crippen molar-refractivity contribution in [3.63, 3.8) is 0 Å². The van der Waals surface area contributed by atoms with Gasteiger partial charge in [-0.15, -0.1) is 0 Å². The van der Waals surface area contributed by atoms with E-state index in [1.54, 1.807) is 43.5 Å². The summed E-state index contributed by atoms with van der Waals surface area (Å²) in [5.41, 5.74) is 8.90. The van der Waals surface area contributed by atoms with Crippen molar-refractivity contribution in [1.29, 1.82) is 0 Å². The largest absolute Gasteiger partial charge is 0.497 e. The number of esters is 1. The molecule has 0 unspecified atom stereocenters. The molecule has 3 N–H and O–H groups in total. The first-order valence-electron chi connectivity index (χ1n) is 7.27. The number of nitrogens with one attached hydrogen (secondary N) is 1. The molecule has 7 nitrogen and oxygen atoms in total. The van der Waals surface area contributed by atoms with Crippen LogP contribution in [-0.2, 0) is 0 Å². The van der Waals surface area contributed by atoms with Crippen LogP contribution in [0.2, 0.25) is 0 Å². The summed E-state index contributed by atoms with van der Waals surface area (Å²) >= 11 is 6.73. The Morgan fingerprint density at radius 3 is 2.50 bits per heavy atom. The van der Waals surface area contributed by atoms with Gasteiger partial charge in [0.25, 0.3) is 0 Å². The minimum atomic E-state index is -0.500.